The van der Waals surface area contributed by atoms with E-state index in [1.165, 1.54) is 0 Å². The van der Waals surface area contributed by atoms with Crippen LogP contribution in [0.3, 0.4) is 0 Å². The number of quaternary nitrogens is 1. The fourth-order valence-corrected chi connectivity index (χ4v) is 0.843. The summed E-state index contributed by atoms with van der Waals surface area (Å²) >= 11 is 0. The van der Waals surface area contributed by atoms with Crippen LogP contribution in [0.15, 0.2) is 22.8 Å². The minimum absolute atomic E-state index is 0.519. The van der Waals surface area contributed by atoms with Crippen molar-refractivity contribution >= 4 is 0 Å². The quantitative estimate of drug-likeness (QED) is 0.664. The van der Waals surface area contributed by atoms with Gasteiger partial charge >= 0.3 is 0 Å². The van der Waals surface area contributed by atoms with Crippen LogP contribution in [0.5, 0.6) is 0 Å². The van der Waals surface area contributed by atoms with Crippen molar-refractivity contribution in [1.29, 1.82) is 0 Å². The molecule has 1 aromatic heterocycles. The van der Waals surface area contributed by atoms with E-state index in [0.717, 1.165) is 18.6 Å². The van der Waals surface area contributed by atoms with E-state index in [9.17, 15) is 0 Å². The smallest absolute Gasteiger partial charge is 0.103 e. The number of aryl methyl sites for hydroxylation is 1. The first-order chi connectivity index (χ1) is 4.79. The van der Waals surface area contributed by atoms with Gasteiger partial charge in [-0.2, -0.15) is 0 Å². The van der Waals surface area contributed by atoms with Crippen molar-refractivity contribution in [3.05, 3.63) is 24.2 Å². The molecule has 0 bridgehead atoms. The summed E-state index contributed by atoms with van der Waals surface area (Å²) < 4.78 is 5.16. The van der Waals surface area contributed by atoms with Gasteiger partial charge in [-0.1, -0.05) is 0 Å². The van der Waals surface area contributed by atoms with Crippen LogP contribution < -0.4 is 5.73 Å². The minimum atomic E-state index is 0.519. The second kappa shape index (κ2) is 3.42. The van der Waals surface area contributed by atoms with Crippen LogP contribution in [0.2, 0.25) is 0 Å². The molecule has 0 saturated heterocycles. The molecule has 0 aliphatic rings. The summed E-state index contributed by atoms with van der Waals surface area (Å²) in [5.41, 5.74) is 3.90. The molecule has 1 atom stereocenters. The van der Waals surface area contributed by atoms with Crippen LogP contribution in [-0.4, -0.2) is 6.04 Å². The molecule has 2 heteroatoms. The van der Waals surface area contributed by atoms with E-state index >= 15 is 0 Å². The maximum Gasteiger partial charge on any atom is 0.103 e. The molecular formula is C8H14NO+. The predicted molar refractivity (Wildman–Crippen MR) is 39.4 cm³/mol. The Balaban J connectivity index is 2.28. The maximum atomic E-state index is 5.16. The zero-order valence-electron chi connectivity index (χ0n) is 6.34. The Morgan fingerprint density at radius 2 is 2.50 bits per heavy atom. The third-order valence-corrected chi connectivity index (χ3v) is 1.46. The Hall–Kier alpha value is -0.760. The van der Waals surface area contributed by atoms with Gasteiger partial charge in [-0.3, -0.25) is 0 Å². The highest BCUT2D eigenvalue weighted by atomic mass is 16.3. The van der Waals surface area contributed by atoms with E-state index < -0.39 is 0 Å². The summed E-state index contributed by atoms with van der Waals surface area (Å²) in [6, 6.07) is 4.44. The second-order valence-electron chi connectivity index (χ2n) is 2.72. The largest absolute Gasteiger partial charge is 0.469 e. The molecule has 0 aromatic carbocycles. The van der Waals surface area contributed by atoms with Gasteiger partial charge in [0.15, 0.2) is 0 Å². The Labute approximate surface area is 61.0 Å². The topological polar surface area (TPSA) is 40.8 Å². The highest BCUT2D eigenvalue weighted by molar-refractivity contribution is 4.97. The van der Waals surface area contributed by atoms with Gasteiger partial charge in [-0.25, -0.2) is 0 Å². The predicted octanol–water partition coefficient (Wildman–Crippen LogP) is 0.843. The molecule has 56 valence electrons. The SMILES string of the molecule is CC([NH3+])CCc1ccco1. The molecule has 0 aliphatic heterocycles. The van der Waals surface area contributed by atoms with Gasteiger partial charge in [0.2, 0.25) is 0 Å². The van der Waals surface area contributed by atoms with Crippen LogP contribution in [0, 0.1) is 0 Å². The van der Waals surface area contributed by atoms with Gasteiger partial charge in [0.25, 0.3) is 0 Å². The lowest BCUT2D eigenvalue weighted by molar-refractivity contribution is -0.415. The van der Waals surface area contributed by atoms with Crippen molar-refractivity contribution in [2.45, 2.75) is 25.8 Å². The average molecular weight is 140 g/mol. The monoisotopic (exact) mass is 140 g/mol. The first-order valence-corrected chi connectivity index (χ1v) is 3.64. The second-order valence-corrected chi connectivity index (χ2v) is 2.72. The van der Waals surface area contributed by atoms with E-state index in [1.54, 1.807) is 6.26 Å². The van der Waals surface area contributed by atoms with Crippen molar-refractivity contribution in [2.24, 2.45) is 0 Å². The molecule has 1 heterocycles. The Kier molecular flexibility index (Phi) is 2.51. The third-order valence-electron chi connectivity index (χ3n) is 1.46. The molecule has 2 nitrogen and oxygen atoms in total. The lowest BCUT2D eigenvalue weighted by Crippen LogP contribution is -2.59. The number of furan rings is 1. The van der Waals surface area contributed by atoms with Crippen LogP contribution in [0.25, 0.3) is 0 Å². The number of hydrogen-bond acceptors (Lipinski definition) is 1. The molecular weight excluding hydrogens is 126 g/mol. The molecule has 0 spiro atoms. The summed E-state index contributed by atoms with van der Waals surface area (Å²) in [4.78, 5) is 0. The van der Waals surface area contributed by atoms with Crippen LogP contribution in [0.4, 0.5) is 0 Å². The summed E-state index contributed by atoms with van der Waals surface area (Å²) in [7, 11) is 0. The molecule has 3 N–H and O–H groups in total. The Morgan fingerprint density at radius 3 is 3.00 bits per heavy atom. The molecule has 0 radical (unpaired) electrons. The van der Waals surface area contributed by atoms with Gasteiger partial charge < -0.3 is 10.2 Å². The molecule has 10 heavy (non-hydrogen) atoms. The zero-order chi connectivity index (χ0) is 7.40. The Bertz CT molecular complexity index is 167. The van der Waals surface area contributed by atoms with Gasteiger partial charge in [0, 0.05) is 12.8 Å². The van der Waals surface area contributed by atoms with Crippen molar-refractivity contribution in [3.63, 3.8) is 0 Å². The van der Waals surface area contributed by atoms with Crippen LogP contribution in [-0.2, 0) is 6.42 Å². The molecule has 0 fully saturated rings. The van der Waals surface area contributed by atoms with Gasteiger partial charge in [-0.15, -0.1) is 0 Å². The molecule has 1 unspecified atom stereocenters. The summed E-state index contributed by atoms with van der Waals surface area (Å²) in [6.45, 7) is 2.11. The van der Waals surface area contributed by atoms with Crippen LogP contribution in [0.1, 0.15) is 19.1 Å². The number of rotatable bonds is 3. The maximum absolute atomic E-state index is 5.16. The van der Waals surface area contributed by atoms with E-state index in [1.807, 2.05) is 12.1 Å². The van der Waals surface area contributed by atoms with Crippen molar-refractivity contribution in [1.82, 2.24) is 0 Å². The lowest BCUT2D eigenvalue weighted by Gasteiger charge is -1.97. The summed E-state index contributed by atoms with van der Waals surface area (Å²) in [6.07, 6.45) is 3.83. The molecule has 1 rings (SSSR count). The van der Waals surface area contributed by atoms with E-state index in [4.69, 9.17) is 4.42 Å². The van der Waals surface area contributed by atoms with E-state index in [0.29, 0.717) is 6.04 Å². The van der Waals surface area contributed by atoms with Crippen molar-refractivity contribution < 1.29 is 10.2 Å². The lowest BCUT2D eigenvalue weighted by atomic mass is 10.2. The zero-order valence-corrected chi connectivity index (χ0v) is 6.34. The van der Waals surface area contributed by atoms with Crippen molar-refractivity contribution in [3.8, 4) is 0 Å². The summed E-state index contributed by atoms with van der Waals surface area (Å²) in [5.74, 6) is 1.07. The minimum Gasteiger partial charge on any atom is -0.469 e. The molecule has 0 amide bonds. The fraction of sp³-hybridized carbons (Fsp3) is 0.500. The molecule has 0 saturated carbocycles. The van der Waals surface area contributed by atoms with E-state index in [-0.39, 0.29) is 0 Å². The van der Waals surface area contributed by atoms with Gasteiger partial charge in [0.05, 0.1) is 12.3 Å². The van der Waals surface area contributed by atoms with Gasteiger partial charge in [0.1, 0.15) is 5.76 Å². The first-order valence-electron chi connectivity index (χ1n) is 3.64. The highest BCUT2D eigenvalue weighted by Crippen LogP contribution is 2.03. The third kappa shape index (κ3) is 2.23. The van der Waals surface area contributed by atoms with Crippen molar-refractivity contribution in [2.75, 3.05) is 0 Å². The standard InChI is InChI=1S/C8H13NO/c1-7(9)4-5-8-3-2-6-10-8/h2-3,6-7H,4-5,9H2,1H3/p+1. The fourth-order valence-electron chi connectivity index (χ4n) is 0.843. The normalized spacial score (nSPS) is 13.4. The molecule has 0 aliphatic carbocycles. The summed E-state index contributed by atoms with van der Waals surface area (Å²) in [5, 5.41) is 0. The Morgan fingerprint density at radius 1 is 1.70 bits per heavy atom. The van der Waals surface area contributed by atoms with Crippen LogP contribution >= 0.6 is 0 Å². The molecule has 1 aromatic rings. The number of hydrogen-bond donors (Lipinski definition) is 1. The van der Waals surface area contributed by atoms with E-state index in [2.05, 4.69) is 12.7 Å². The first kappa shape index (κ1) is 7.35. The van der Waals surface area contributed by atoms with Gasteiger partial charge in [-0.05, 0) is 19.1 Å². The highest BCUT2D eigenvalue weighted by Gasteiger charge is 1.99. The average Bonchev–Trinajstić information content (AvgIpc) is 2.34.